The molecule has 6 nitrogen and oxygen atoms in total. The van der Waals surface area contributed by atoms with Gasteiger partial charge in [-0.15, -0.1) is 0 Å². The van der Waals surface area contributed by atoms with Crippen LogP contribution in [0.25, 0.3) is 0 Å². The molecule has 2 N–H and O–H groups in total. The van der Waals surface area contributed by atoms with Crippen LogP contribution in [-0.4, -0.2) is 32.6 Å². The average Bonchev–Trinajstić information content (AvgIpc) is 2.47. The van der Waals surface area contributed by atoms with E-state index < -0.39 is 28.0 Å². The van der Waals surface area contributed by atoms with Crippen LogP contribution in [0.1, 0.15) is 12.8 Å². The third-order valence-corrected chi connectivity index (χ3v) is 5.29. The molecule has 0 saturated carbocycles. The van der Waals surface area contributed by atoms with Gasteiger partial charge in [-0.2, -0.15) is 0 Å². The average molecular weight is 346 g/mol. The second kappa shape index (κ2) is 6.68. The summed E-state index contributed by atoms with van der Waals surface area (Å²) in [5, 5.41) is 9.49. The molecule has 0 aromatic heterocycles. The Kier molecular flexibility index (Phi) is 5.10. The lowest BCUT2D eigenvalue weighted by Gasteiger charge is -2.26. The first-order valence-corrected chi connectivity index (χ1v) is 8.45. The molecule has 0 fully saturated rings. The van der Waals surface area contributed by atoms with Gasteiger partial charge in [0.15, 0.2) is 0 Å². The maximum Gasteiger partial charge on any atom is 0.308 e. The molecule has 0 amide bonds. The molecule has 8 heteroatoms. The van der Waals surface area contributed by atoms with Gasteiger partial charge in [-0.1, -0.05) is 23.8 Å². The number of nitrogens with one attached hydrogen (secondary N) is 1. The van der Waals surface area contributed by atoms with Crippen molar-refractivity contribution >= 4 is 27.6 Å². The van der Waals surface area contributed by atoms with Crippen molar-refractivity contribution in [2.75, 3.05) is 7.11 Å². The zero-order valence-electron chi connectivity index (χ0n) is 11.8. The van der Waals surface area contributed by atoms with E-state index >= 15 is 0 Å². The fourth-order valence-electron chi connectivity index (χ4n) is 2.29. The van der Waals surface area contributed by atoms with E-state index in [-0.39, 0.29) is 10.6 Å². The van der Waals surface area contributed by atoms with Crippen LogP contribution >= 0.6 is 11.6 Å². The first-order chi connectivity index (χ1) is 10.3. The van der Waals surface area contributed by atoms with Crippen LogP contribution in [0.3, 0.4) is 0 Å². The van der Waals surface area contributed by atoms with Gasteiger partial charge in [0.2, 0.25) is 10.0 Å². The number of methoxy groups -OCH3 is 1. The van der Waals surface area contributed by atoms with E-state index in [4.69, 9.17) is 16.3 Å². The molecule has 0 heterocycles. The van der Waals surface area contributed by atoms with Gasteiger partial charge < -0.3 is 9.84 Å². The van der Waals surface area contributed by atoms with Gasteiger partial charge >= 0.3 is 5.97 Å². The van der Waals surface area contributed by atoms with Gasteiger partial charge in [0.05, 0.1) is 22.9 Å². The van der Waals surface area contributed by atoms with Crippen molar-refractivity contribution in [1.82, 2.24) is 4.72 Å². The summed E-state index contributed by atoms with van der Waals surface area (Å²) in [6.07, 6.45) is 4.15. The van der Waals surface area contributed by atoms with Gasteiger partial charge in [-0.05, 0) is 25.0 Å². The Morgan fingerprint density at radius 1 is 1.36 bits per heavy atom. The summed E-state index contributed by atoms with van der Waals surface area (Å²) in [7, 11) is -2.48. The van der Waals surface area contributed by atoms with E-state index in [9.17, 15) is 18.3 Å². The van der Waals surface area contributed by atoms with Crippen molar-refractivity contribution in [2.24, 2.45) is 5.92 Å². The number of aliphatic carboxylic acids is 1. The maximum absolute atomic E-state index is 12.4. The molecule has 0 unspecified atom stereocenters. The summed E-state index contributed by atoms with van der Waals surface area (Å²) in [5.74, 6) is -1.57. The molecule has 1 aliphatic rings. The first-order valence-electron chi connectivity index (χ1n) is 6.59. The Hall–Kier alpha value is -1.57. The molecular weight excluding hydrogens is 330 g/mol. The smallest absolute Gasteiger partial charge is 0.308 e. The van der Waals surface area contributed by atoms with Gasteiger partial charge in [0, 0.05) is 12.1 Å². The number of carboxylic acids is 1. The topological polar surface area (TPSA) is 92.7 Å². The minimum atomic E-state index is -3.86. The molecule has 0 radical (unpaired) electrons. The van der Waals surface area contributed by atoms with Crippen molar-refractivity contribution in [2.45, 2.75) is 23.8 Å². The van der Waals surface area contributed by atoms with E-state index in [1.54, 1.807) is 12.2 Å². The third kappa shape index (κ3) is 3.60. The third-order valence-electron chi connectivity index (χ3n) is 3.49. The van der Waals surface area contributed by atoms with Crippen LogP contribution in [0.2, 0.25) is 5.02 Å². The van der Waals surface area contributed by atoms with Gasteiger partial charge in [0.25, 0.3) is 0 Å². The van der Waals surface area contributed by atoms with Gasteiger partial charge in [0.1, 0.15) is 5.75 Å². The van der Waals surface area contributed by atoms with E-state index in [0.717, 1.165) is 0 Å². The SMILES string of the molecule is COc1cc(S(=O)(=O)N[C@@H]2CC=CC[C@@H]2C(=O)O)ccc1Cl. The number of carbonyl (C=O) groups is 1. The Balaban J connectivity index is 2.27. The highest BCUT2D eigenvalue weighted by Gasteiger charge is 2.32. The molecule has 1 aromatic rings. The molecule has 1 aliphatic carbocycles. The minimum Gasteiger partial charge on any atom is -0.495 e. The van der Waals surface area contributed by atoms with Crippen molar-refractivity contribution in [3.8, 4) is 5.75 Å². The number of hydrogen-bond acceptors (Lipinski definition) is 4. The number of allylic oxidation sites excluding steroid dienone is 1. The van der Waals surface area contributed by atoms with Crippen LogP contribution in [-0.2, 0) is 14.8 Å². The van der Waals surface area contributed by atoms with E-state index in [0.29, 0.717) is 17.9 Å². The number of rotatable bonds is 5. The molecule has 1 aromatic carbocycles. The van der Waals surface area contributed by atoms with E-state index in [1.165, 1.54) is 25.3 Å². The lowest BCUT2D eigenvalue weighted by atomic mass is 9.90. The fraction of sp³-hybridized carbons (Fsp3) is 0.357. The number of sulfonamides is 1. The Morgan fingerprint density at radius 2 is 2.05 bits per heavy atom. The Bertz CT molecular complexity index is 701. The van der Waals surface area contributed by atoms with Crippen LogP contribution in [0.15, 0.2) is 35.2 Å². The summed E-state index contributed by atoms with van der Waals surface area (Å²) >= 11 is 5.88. The molecule has 2 atom stereocenters. The highest BCUT2D eigenvalue weighted by atomic mass is 35.5. The number of carboxylic acid groups (broad SMARTS) is 1. The number of hydrogen-bond donors (Lipinski definition) is 2. The molecule has 0 bridgehead atoms. The van der Waals surface area contributed by atoms with Crippen molar-refractivity contribution in [3.63, 3.8) is 0 Å². The summed E-state index contributed by atoms with van der Waals surface area (Å²) < 4.78 is 32.3. The molecule has 0 saturated heterocycles. The summed E-state index contributed by atoms with van der Waals surface area (Å²) in [6.45, 7) is 0. The van der Waals surface area contributed by atoms with Gasteiger partial charge in [-0.25, -0.2) is 13.1 Å². The molecular formula is C14H16ClNO5S. The quantitative estimate of drug-likeness (QED) is 0.797. The predicted molar refractivity (Wildman–Crippen MR) is 81.6 cm³/mol. The second-order valence-electron chi connectivity index (χ2n) is 4.91. The maximum atomic E-state index is 12.4. The summed E-state index contributed by atoms with van der Waals surface area (Å²) in [4.78, 5) is 11.2. The standard InChI is InChI=1S/C14H16ClNO5S/c1-21-13-8-9(6-7-11(13)15)22(19,20)16-12-5-3-2-4-10(12)14(17)18/h2-3,6-8,10,12,16H,4-5H2,1H3,(H,17,18)/t10-,12+/m0/s1. The van der Waals surface area contributed by atoms with E-state index in [1.807, 2.05) is 0 Å². The van der Waals surface area contributed by atoms with Crippen molar-refractivity contribution in [3.05, 3.63) is 35.4 Å². The summed E-state index contributed by atoms with van der Waals surface area (Å²) in [5.41, 5.74) is 0. The van der Waals surface area contributed by atoms with Crippen LogP contribution in [0, 0.1) is 5.92 Å². The largest absolute Gasteiger partial charge is 0.495 e. The van der Waals surface area contributed by atoms with Gasteiger partial charge in [-0.3, -0.25) is 4.79 Å². The van der Waals surface area contributed by atoms with Crippen LogP contribution < -0.4 is 9.46 Å². The first kappa shape index (κ1) is 16.8. The fourth-order valence-corrected chi connectivity index (χ4v) is 3.79. The number of halogens is 1. The molecule has 0 spiro atoms. The second-order valence-corrected chi connectivity index (χ2v) is 7.03. The molecule has 120 valence electrons. The zero-order valence-corrected chi connectivity index (χ0v) is 13.4. The number of ether oxygens (including phenoxy) is 1. The zero-order chi connectivity index (χ0) is 16.3. The van der Waals surface area contributed by atoms with Crippen LogP contribution in [0.4, 0.5) is 0 Å². The summed E-state index contributed by atoms with van der Waals surface area (Å²) in [6, 6.07) is 3.39. The van der Waals surface area contributed by atoms with Crippen molar-refractivity contribution in [1.29, 1.82) is 0 Å². The normalized spacial score (nSPS) is 21.5. The monoisotopic (exact) mass is 345 g/mol. The van der Waals surface area contributed by atoms with Crippen molar-refractivity contribution < 1.29 is 23.1 Å². The molecule has 22 heavy (non-hydrogen) atoms. The Labute approximate surface area is 133 Å². The minimum absolute atomic E-state index is 0.0209. The molecule has 2 rings (SSSR count). The highest BCUT2D eigenvalue weighted by Crippen LogP contribution is 2.28. The van der Waals surface area contributed by atoms with Crippen LogP contribution in [0.5, 0.6) is 5.75 Å². The highest BCUT2D eigenvalue weighted by molar-refractivity contribution is 7.89. The van der Waals surface area contributed by atoms with E-state index in [2.05, 4.69) is 4.72 Å². The lowest BCUT2D eigenvalue weighted by Crippen LogP contribution is -2.44. The Morgan fingerprint density at radius 3 is 2.68 bits per heavy atom. The predicted octanol–water partition coefficient (Wildman–Crippen LogP) is 2.05. The lowest BCUT2D eigenvalue weighted by molar-refractivity contribution is -0.142. The number of benzene rings is 1. The molecule has 0 aliphatic heterocycles.